The van der Waals surface area contributed by atoms with Crippen LogP contribution < -0.4 is 0 Å². The fourth-order valence-electron chi connectivity index (χ4n) is 1.77. The molecule has 1 aromatic carbocycles. The van der Waals surface area contributed by atoms with Crippen molar-refractivity contribution in [1.29, 1.82) is 5.26 Å². The van der Waals surface area contributed by atoms with Gasteiger partial charge in [0.1, 0.15) is 10.9 Å². The summed E-state index contributed by atoms with van der Waals surface area (Å²) in [6.07, 6.45) is 0. The Labute approximate surface area is 92.5 Å². The molecule has 0 aliphatic rings. The molecule has 0 saturated carbocycles. The monoisotopic (exact) mass is 230 g/mol. The smallest absolute Gasteiger partial charge is 0.153 e. The Balaban J connectivity index is 2.64. The lowest BCUT2D eigenvalue weighted by Crippen LogP contribution is -1.81. The summed E-state index contributed by atoms with van der Waals surface area (Å²) in [5, 5.41) is 10.4. The number of hydrogen-bond donors (Lipinski definition) is 0. The number of thiazole rings is 1. The van der Waals surface area contributed by atoms with Crippen LogP contribution in [0, 0.1) is 18.3 Å². The van der Waals surface area contributed by atoms with Gasteiger partial charge in [0, 0.05) is 5.30 Å². The number of aryl methyl sites for hydroxylation is 1. The second kappa shape index (κ2) is 3.06. The van der Waals surface area contributed by atoms with Crippen molar-refractivity contribution in [3.63, 3.8) is 0 Å². The van der Waals surface area contributed by atoms with E-state index >= 15 is 0 Å². The van der Waals surface area contributed by atoms with Crippen LogP contribution in [0.1, 0.15) is 10.7 Å². The molecule has 4 heteroatoms. The second-order valence-electron chi connectivity index (χ2n) is 3.34. The van der Waals surface area contributed by atoms with Crippen LogP contribution in [0.25, 0.3) is 15.0 Å². The highest BCUT2D eigenvalue weighted by Gasteiger charge is 2.11. The van der Waals surface area contributed by atoms with Crippen LogP contribution in [0.4, 0.5) is 0 Å². The molecule has 0 amide bonds. The van der Waals surface area contributed by atoms with Gasteiger partial charge in [0.05, 0.1) is 10.2 Å². The number of hydrogen-bond acceptors (Lipinski definition) is 2. The Kier molecular flexibility index (Phi) is 1.82. The molecule has 0 atom stereocenters. The molecular formula is C11H7N2PS. The Morgan fingerprint density at radius 3 is 3.00 bits per heavy atom. The van der Waals surface area contributed by atoms with Gasteiger partial charge in [-0.15, -0.1) is 11.3 Å². The van der Waals surface area contributed by atoms with Crippen molar-refractivity contribution in [1.82, 2.24) is 4.40 Å². The van der Waals surface area contributed by atoms with Crippen LogP contribution in [0.15, 0.2) is 24.3 Å². The standard InChI is InChI=1S/C11H7N2PS/c1-7-11-13(10(6-12)14-7)8-4-2-3-5-9(8)15-11/h2-5H,1H3. The number of fused-ring (bicyclic) bond motifs is 3. The molecule has 2 heterocycles. The predicted octanol–water partition coefficient (Wildman–Crippen LogP) is 3.91. The van der Waals surface area contributed by atoms with Crippen molar-refractivity contribution >= 4 is 34.6 Å². The van der Waals surface area contributed by atoms with Crippen LogP contribution in [-0.4, -0.2) is 4.40 Å². The number of nitrogens with zero attached hydrogens (tertiary/aromatic N) is 2. The van der Waals surface area contributed by atoms with Gasteiger partial charge < -0.3 is 0 Å². The lowest BCUT2D eigenvalue weighted by atomic mass is 10.3. The Morgan fingerprint density at radius 1 is 1.40 bits per heavy atom. The predicted molar refractivity (Wildman–Crippen MR) is 64.7 cm³/mol. The fourth-order valence-corrected chi connectivity index (χ4v) is 4.03. The van der Waals surface area contributed by atoms with Gasteiger partial charge in [0.25, 0.3) is 0 Å². The number of aromatic nitrogens is 1. The van der Waals surface area contributed by atoms with Crippen molar-refractivity contribution in [2.24, 2.45) is 0 Å². The Bertz CT molecular complexity index is 702. The highest BCUT2D eigenvalue weighted by Crippen LogP contribution is 2.36. The molecule has 2 aromatic heterocycles. The topological polar surface area (TPSA) is 28.2 Å². The van der Waals surface area contributed by atoms with Gasteiger partial charge >= 0.3 is 0 Å². The zero-order valence-corrected chi connectivity index (χ0v) is 9.77. The summed E-state index contributed by atoms with van der Waals surface area (Å²) in [5.41, 5.74) is 1.97. The van der Waals surface area contributed by atoms with Gasteiger partial charge in [-0.2, -0.15) is 5.26 Å². The molecule has 0 fully saturated rings. The molecule has 3 aromatic rings. The maximum atomic E-state index is 9.08. The van der Waals surface area contributed by atoms with E-state index in [1.54, 1.807) is 11.3 Å². The van der Waals surface area contributed by atoms with Crippen LogP contribution >= 0.6 is 19.5 Å². The highest BCUT2D eigenvalue weighted by atomic mass is 32.1. The molecule has 72 valence electrons. The van der Waals surface area contributed by atoms with E-state index in [2.05, 4.69) is 29.5 Å². The number of para-hydroxylation sites is 1. The molecule has 0 saturated heterocycles. The van der Waals surface area contributed by atoms with Gasteiger partial charge in [-0.05, 0) is 27.2 Å². The van der Waals surface area contributed by atoms with Crippen LogP contribution in [0.5, 0.6) is 0 Å². The lowest BCUT2D eigenvalue weighted by Gasteiger charge is -1.90. The summed E-state index contributed by atoms with van der Waals surface area (Å²) >= 11 is 1.76. The largest absolute Gasteiger partial charge is 0.287 e. The average Bonchev–Trinajstić information content (AvgIpc) is 2.77. The molecule has 15 heavy (non-hydrogen) atoms. The average molecular weight is 230 g/mol. The molecular weight excluding hydrogens is 223 g/mol. The van der Waals surface area contributed by atoms with Crippen LogP contribution in [0.3, 0.4) is 0 Å². The van der Waals surface area contributed by atoms with Crippen LogP contribution in [0.2, 0.25) is 0 Å². The first-order valence-electron chi connectivity index (χ1n) is 4.58. The third-order valence-corrected chi connectivity index (χ3v) is 4.87. The summed E-state index contributed by atoms with van der Waals surface area (Å²) in [6, 6.07) is 10.5. The van der Waals surface area contributed by atoms with E-state index in [-0.39, 0.29) is 0 Å². The molecule has 0 N–H and O–H groups in total. The quantitative estimate of drug-likeness (QED) is 0.575. The SMILES string of the molecule is Cc1pc(C#N)n2c1sc1ccccc12. The highest BCUT2D eigenvalue weighted by molar-refractivity contribution is 7.35. The first kappa shape index (κ1) is 8.91. The van der Waals surface area contributed by atoms with Crippen molar-refractivity contribution in [3.05, 3.63) is 35.0 Å². The summed E-state index contributed by atoms with van der Waals surface area (Å²) in [5.74, 6) is 0. The lowest BCUT2D eigenvalue weighted by molar-refractivity contribution is 1.27. The van der Waals surface area contributed by atoms with Crippen molar-refractivity contribution in [3.8, 4) is 6.07 Å². The third-order valence-electron chi connectivity index (χ3n) is 2.41. The normalized spacial score (nSPS) is 11.5. The van der Waals surface area contributed by atoms with Crippen molar-refractivity contribution < 1.29 is 0 Å². The minimum Gasteiger partial charge on any atom is -0.287 e. The summed E-state index contributed by atoms with van der Waals surface area (Å²) < 4.78 is 3.33. The van der Waals surface area contributed by atoms with Gasteiger partial charge in [0.2, 0.25) is 0 Å². The van der Waals surface area contributed by atoms with E-state index in [1.165, 1.54) is 14.8 Å². The minimum absolute atomic E-state index is 0.819. The van der Waals surface area contributed by atoms with Gasteiger partial charge in [-0.1, -0.05) is 12.1 Å². The van der Waals surface area contributed by atoms with Gasteiger partial charge in [0.15, 0.2) is 5.43 Å². The van der Waals surface area contributed by atoms with E-state index in [4.69, 9.17) is 5.26 Å². The fraction of sp³-hybridized carbons (Fsp3) is 0.0909. The van der Waals surface area contributed by atoms with Gasteiger partial charge in [-0.25, -0.2) is 0 Å². The molecule has 0 radical (unpaired) electrons. The van der Waals surface area contributed by atoms with Crippen molar-refractivity contribution in [2.45, 2.75) is 6.92 Å². The minimum atomic E-state index is 0.819. The van der Waals surface area contributed by atoms with Crippen molar-refractivity contribution in [2.75, 3.05) is 0 Å². The molecule has 0 aliphatic heterocycles. The second-order valence-corrected chi connectivity index (χ2v) is 5.69. The maximum absolute atomic E-state index is 9.08. The molecule has 0 aliphatic carbocycles. The van der Waals surface area contributed by atoms with E-state index < -0.39 is 0 Å². The molecule has 0 unspecified atom stereocenters. The zero-order chi connectivity index (χ0) is 10.4. The van der Waals surface area contributed by atoms with E-state index in [1.807, 2.05) is 12.1 Å². The molecule has 0 spiro atoms. The zero-order valence-electron chi connectivity index (χ0n) is 8.06. The number of nitriles is 1. The molecule has 3 rings (SSSR count). The number of rotatable bonds is 0. The third kappa shape index (κ3) is 1.13. The van der Waals surface area contributed by atoms with Gasteiger partial charge in [-0.3, -0.25) is 4.40 Å². The number of benzene rings is 1. The molecule has 0 bridgehead atoms. The Hall–Kier alpha value is -1.36. The first-order valence-corrected chi connectivity index (χ1v) is 6.29. The van der Waals surface area contributed by atoms with E-state index in [0.29, 0.717) is 0 Å². The Morgan fingerprint density at radius 2 is 2.20 bits per heavy atom. The van der Waals surface area contributed by atoms with E-state index in [0.717, 1.165) is 19.1 Å². The summed E-state index contributed by atoms with van der Waals surface area (Å²) in [7, 11) is 1.05. The maximum Gasteiger partial charge on any atom is 0.153 e. The van der Waals surface area contributed by atoms with E-state index in [9.17, 15) is 0 Å². The van der Waals surface area contributed by atoms with Crippen LogP contribution in [-0.2, 0) is 0 Å². The molecule has 2 nitrogen and oxygen atoms in total. The first-order chi connectivity index (χ1) is 7.31. The summed E-state index contributed by atoms with van der Waals surface area (Å²) in [4.78, 5) is 1.22. The summed E-state index contributed by atoms with van der Waals surface area (Å²) in [6.45, 7) is 2.09.